The fourth-order valence-corrected chi connectivity index (χ4v) is 2.15. The van der Waals surface area contributed by atoms with Crippen molar-refractivity contribution in [3.8, 4) is 0 Å². The van der Waals surface area contributed by atoms with Crippen LogP contribution in [0.3, 0.4) is 0 Å². The van der Waals surface area contributed by atoms with Gasteiger partial charge in [-0.1, -0.05) is 11.6 Å². The van der Waals surface area contributed by atoms with Crippen molar-refractivity contribution in [1.29, 1.82) is 0 Å². The van der Waals surface area contributed by atoms with Gasteiger partial charge in [0.15, 0.2) is 0 Å². The molecule has 0 aliphatic carbocycles. The van der Waals surface area contributed by atoms with Crippen LogP contribution in [-0.2, 0) is 11.3 Å². The molecule has 0 bridgehead atoms. The lowest BCUT2D eigenvalue weighted by Gasteiger charge is -2.06. The third-order valence-electron chi connectivity index (χ3n) is 2.18. The van der Waals surface area contributed by atoms with E-state index in [4.69, 9.17) is 22.1 Å². The van der Waals surface area contributed by atoms with Gasteiger partial charge < -0.3 is 10.5 Å². The minimum absolute atomic E-state index is 0.254. The van der Waals surface area contributed by atoms with Crippen LogP contribution in [0, 0.1) is 0 Å². The van der Waals surface area contributed by atoms with Crippen molar-refractivity contribution in [2.24, 2.45) is 0 Å². The summed E-state index contributed by atoms with van der Waals surface area (Å²) in [5.74, 6) is -0.439. The van der Waals surface area contributed by atoms with Crippen LogP contribution in [0.5, 0.6) is 0 Å². The van der Waals surface area contributed by atoms with E-state index in [1.165, 1.54) is 6.07 Å². The van der Waals surface area contributed by atoms with Gasteiger partial charge in [0.1, 0.15) is 6.61 Å². The van der Waals surface area contributed by atoms with E-state index >= 15 is 0 Å². The molecule has 3 nitrogen and oxygen atoms in total. The maximum atomic E-state index is 11.7. The predicted molar refractivity (Wildman–Crippen MR) is 69.3 cm³/mol. The SMILES string of the molecule is Nc1cc(Cl)ccc1C(=O)OCc1ccsc1. The highest BCUT2D eigenvalue weighted by Gasteiger charge is 2.11. The highest BCUT2D eigenvalue weighted by Crippen LogP contribution is 2.19. The Kier molecular flexibility index (Phi) is 3.66. The molecule has 0 unspecified atom stereocenters. The summed E-state index contributed by atoms with van der Waals surface area (Å²) in [6, 6.07) is 6.61. The number of carbonyl (C=O) groups is 1. The molecule has 0 spiro atoms. The number of benzene rings is 1. The van der Waals surface area contributed by atoms with Gasteiger partial charge >= 0.3 is 5.97 Å². The Balaban J connectivity index is 2.04. The average Bonchev–Trinajstić information content (AvgIpc) is 2.78. The number of carbonyl (C=O) groups excluding carboxylic acids is 1. The summed E-state index contributed by atoms with van der Waals surface area (Å²) in [5, 5.41) is 4.36. The summed E-state index contributed by atoms with van der Waals surface area (Å²) in [7, 11) is 0. The monoisotopic (exact) mass is 267 g/mol. The van der Waals surface area contributed by atoms with Gasteiger partial charge in [0.25, 0.3) is 0 Å². The van der Waals surface area contributed by atoms with Gasteiger partial charge in [-0.25, -0.2) is 4.79 Å². The zero-order valence-corrected chi connectivity index (χ0v) is 10.4. The highest BCUT2D eigenvalue weighted by molar-refractivity contribution is 7.07. The third-order valence-corrected chi connectivity index (χ3v) is 3.15. The Morgan fingerprint density at radius 2 is 2.24 bits per heavy atom. The summed E-state index contributed by atoms with van der Waals surface area (Å²) < 4.78 is 5.14. The first-order chi connectivity index (χ1) is 8.16. The van der Waals surface area contributed by atoms with Crippen LogP contribution in [0.1, 0.15) is 15.9 Å². The summed E-state index contributed by atoms with van der Waals surface area (Å²) in [4.78, 5) is 11.7. The van der Waals surface area contributed by atoms with Gasteiger partial charge in [-0.2, -0.15) is 11.3 Å². The summed E-state index contributed by atoms with van der Waals surface area (Å²) in [6.07, 6.45) is 0. The van der Waals surface area contributed by atoms with Gasteiger partial charge in [-0.05, 0) is 35.0 Å². The molecule has 1 aromatic heterocycles. The fourth-order valence-electron chi connectivity index (χ4n) is 1.32. The zero-order valence-electron chi connectivity index (χ0n) is 8.85. The minimum atomic E-state index is -0.439. The number of nitrogens with two attached hydrogens (primary N) is 1. The van der Waals surface area contributed by atoms with Crippen molar-refractivity contribution < 1.29 is 9.53 Å². The zero-order chi connectivity index (χ0) is 12.3. The standard InChI is InChI=1S/C12H10ClNO2S/c13-9-1-2-10(11(14)5-9)12(15)16-6-8-3-4-17-7-8/h1-5,7H,6,14H2. The molecule has 0 aliphatic heterocycles. The topological polar surface area (TPSA) is 52.3 Å². The number of hydrogen-bond acceptors (Lipinski definition) is 4. The molecule has 0 aliphatic rings. The number of halogens is 1. The second kappa shape index (κ2) is 5.21. The van der Waals surface area contributed by atoms with Crippen LogP contribution in [0.4, 0.5) is 5.69 Å². The van der Waals surface area contributed by atoms with E-state index in [0.717, 1.165) is 5.56 Å². The predicted octanol–water partition coefficient (Wildman–Crippen LogP) is 3.34. The normalized spacial score (nSPS) is 10.2. The molecule has 2 N–H and O–H groups in total. The van der Waals surface area contributed by atoms with Crippen molar-refractivity contribution in [3.05, 3.63) is 51.2 Å². The second-order valence-corrected chi connectivity index (χ2v) is 4.66. The molecule has 0 atom stereocenters. The van der Waals surface area contributed by atoms with Gasteiger partial charge in [0.2, 0.25) is 0 Å². The van der Waals surface area contributed by atoms with E-state index in [1.807, 2.05) is 16.8 Å². The summed E-state index contributed by atoms with van der Waals surface area (Å²) in [5.41, 5.74) is 7.32. The van der Waals surface area contributed by atoms with Crippen molar-refractivity contribution in [3.63, 3.8) is 0 Å². The molecule has 0 saturated carbocycles. The molecule has 1 heterocycles. The van der Waals surface area contributed by atoms with Crippen LogP contribution >= 0.6 is 22.9 Å². The quantitative estimate of drug-likeness (QED) is 0.685. The van der Waals surface area contributed by atoms with Gasteiger partial charge in [-0.3, -0.25) is 0 Å². The molecule has 0 saturated heterocycles. The Morgan fingerprint density at radius 1 is 1.41 bits per heavy atom. The average molecular weight is 268 g/mol. The van der Waals surface area contributed by atoms with E-state index in [1.54, 1.807) is 23.5 Å². The Morgan fingerprint density at radius 3 is 2.88 bits per heavy atom. The van der Waals surface area contributed by atoms with Gasteiger partial charge in [0, 0.05) is 16.3 Å². The number of thiophene rings is 1. The molecule has 1 aromatic carbocycles. The van der Waals surface area contributed by atoms with Crippen molar-refractivity contribution in [2.45, 2.75) is 6.61 Å². The van der Waals surface area contributed by atoms with E-state index in [0.29, 0.717) is 16.3 Å². The Hall–Kier alpha value is -1.52. The first kappa shape index (κ1) is 12.0. The van der Waals surface area contributed by atoms with Crippen LogP contribution < -0.4 is 5.73 Å². The maximum Gasteiger partial charge on any atom is 0.340 e. The molecule has 17 heavy (non-hydrogen) atoms. The van der Waals surface area contributed by atoms with Crippen molar-refractivity contribution in [2.75, 3.05) is 5.73 Å². The number of hydrogen-bond donors (Lipinski definition) is 1. The number of nitrogen functional groups attached to an aromatic ring is 1. The van der Waals surface area contributed by atoms with Crippen LogP contribution in [0.25, 0.3) is 0 Å². The molecular formula is C12H10ClNO2S. The molecule has 2 aromatic rings. The Labute approximate surface area is 108 Å². The summed E-state index contributed by atoms with van der Waals surface area (Å²) >= 11 is 7.31. The lowest BCUT2D eigenvalue weighted by Crippen LogP contribution is -2.07. The number of ether oxygens (including phenoxy) is 1. The molecular weight excluding hydrogens is 258 g/mol. The molecule has 0 fully saturated rings. The van der Waals surface area contributed by atoms with E-state index in [-0.39, 0.29) is 6.61 Å². The molecule has 2 rings (SSSR count). The van der Waals surface area contributed by atoms with Gasteiger partial charge in [-0.15, -0.1) is 0 Å². The largest absolute Gasteiger partial charge is 0.457 e. The van der Waals surface area contributed by atoms with E-state index in [9.17, 15) is 4.79 Å². The third kappa shape index (κ3) is 2.99. The molecule has 0 radical (unpaired) electrons. The Bertz CT molecular complexity index is 525. The number of esters is 1. The van der Waals surface area contributed by atoms with E-state index < -0.39 is 5.97 Å². The second-order valence-electron chi connectivity index (χ2n) is 3.44. The lowest BCUT2D eigenvalue weighted by atomic mass is 10.2. The lowest BCUT2D eigenvalue weighted by molar-refractivity contribution is 0.0474. The fraction of sp³-hybridized carbons (Fsp3) is 0.0833. The highest BCUT2D eigenvalue weighted by atomic mass is 35.5. The first-order valence-corrected chi connectivity index (χ1v) is 6.22. The van der Waals surface area contributed by atoms with Gasteiger partial charge in [0.05, 0.1) is 5.56 Å². The maximum absolute atomic E-state index is 11.7. The minimum Gasteiger partial charge on any atom is -0.457 e. The molecule has 0 amide bonds. The summed E-state index contributed by atoms with van der Waals surface area (Å²) in [6.45, 7) is 0.254. The van der Waals surface area contributed by atoms with Crippen molar-refractivity contribution in [1.82, 2.24) is 0 Å². The van der Waals surface area contributed by atoms with Crippen LogP contribution in [0.15, 0.2) is 35.0 Å². The van der Waals surface area contributed by atoms with Crippen LogP contribution in [0.2, 0.25) is 5.02 Å². The van der Waals surface area contributed by atoms with E-state index in [2.05, 4.69) is 0 Å². The molecule has 5 heteroatoms. The van der Waals surface area contributed by atoms with Crippen LogP contribution in [-0.4, -0.2) is 5.97 Å². The first-order valence-electron chi connectivity index (χ1n) is 4.90. The smallest absolute Gasteiger partial charge is 0.340 e. The van der Waals surface area contributed by atoms with Crippen molar-refractivity contribution >= 4 is 34.6 Å². The molecule has 88 valence electrons. The number of rotatable bonds is 3. The number of anilines is 1.